The third-order valence-corrected chi connectivity index (χ3v) is 4.44. The van der Waals surface area contributed by atoms with E-state index in [-0.39, 0.29) is 17.0 Å². The van der Waals surface area contributed by atoms with Gasteiger partial charge in [-0.3, -0.25) is 0 Å². The largest absolute Gasteiger partial charge is 0.313 e. The fourth-order valence-electron chi connectivity index (χ4n) is 1.08. The van der Waals surface area contributed by atoms with Crippen LogP contribution in [-0.4, -0.2) is 32.0 Å². The Morgan fingerprint density at radius 2 is 1.77 bits per heavy atom. The van der Waals surface area contributed by atoms with Gasteiger partial charge in [-0.2, -0.15) is 0 Å². The van der Waals surface area contributed by atoms with Crippen molar-refractivity contribution in [2.45, 2.75) is 45.4 Å². The molecule has 0 aromatic carbocycles. The number of nitrogens with one attached hydrogen (secondary N) is 1. The number of sulfone groups is 1. The van der Waals surface area contributed by atoms with Crippen molar-refractivity contribution in [3.63, 3.8) is 0 Å². The highest BCUT2D eigenvalue weighted by atomic mass is 32.2. The molecular formula is C9H21NO2S. The molecule has 0 aliphatic carbocycles. The number of rotatable bonds is 6. The maximum Gasteiger partial charge on any atom is 0.154 e. The summed E-state index contributed by atoms with van der Waals surface area (Å²) in [6, 6.07) is 0.109. The molecule has 0 fully saturated rings. The summed E-state index contributed by atoms with van der Waals surface area (Å²) in [5.41, 5.74) is 0. The molecule has 80 valence electrons. The van der Waals surface area contributed by atoms with Crippen LogP contribution < -0.4 is 5.32 Å². The quantitative estimate of drug-likeness (QED) is 0.712. The zero-order chi connectivity index (χ0) is 10.5. The smallest absolute Gasteiger partial charge is 0.154 e. The predicted molar refractivity (Wildman–Crippen MR) is 56.7 cm³/mol. The maximum absolute atomic E-state index is 11.5. The summed E-state index contributed by atoms with van der Waals surface area (Å²) in [7, 11) is -2.89. The summed E-state index contributed by atoms with van der Waals surface area (Å²) in [5.74, 6) is 0.259. The molecule has 3 nitrogen and oxygen atoms in total. The summed E-state index contributed by atoms with van der Waals surface area (Å²) < 4.78 is 23.1. The molecule has 4 heteroatoms. The van der Waals surface area contributed by atoms with E-state index in [1.165, 1.54) is 0 Å². The minimum Gasteiger partial charge on any atom is -0.313 e. The van der Waals surface area contributed by atoms with E-state index in [0.29, 0.717) is 0 Å². The van der Waals surface area contributed by atoms with E-state index in [1.54, 1.807) is 13.8 Å². The van der Waals surface area contributed by atoms with Gasteiger partial charge in [0.05, 0.1) is 11.0 Å². The van der Waals surface area contributed by atoms with Crippen molar-refractivity contribution in [1.82, 2.24) is 5.32 Å². The molecule has 0 amide bonds. The van der Waals surface area contributed by atoms with Crippen LogP contribution in [0.15, 0.2) is 0 Å². The van der Waals surface area contributed by atoms with E-state index in [9.17, 15) is 8.42 Å². The minimum atomic E-state index is -2.89. The highest BCUT2D eigenvalue weighted by Crippen LogP contribution is 2.04. The van der Waals surface area contributed by atoms with Crippen molar-refractivity contribution in [2.24, 2.45) is 0 Å². The molecular weight excluding hydrogens is 186 g/mol. The van der Waals surface area contributed by atoms with Crippen molar-refractivity contribution in [1.29, 1.82) is 0 Å². The molecule has 0 rings (SSSR count). The van der Waals surface area contributed by atoms with E-state index < -0.39 is 9.84 Å². The summed E-state index contributed by atoms with van der Waals surface area (Å²) in [4.78, 5) is 0. The first-order valence-electron chi connectivity index (χ1n) is 4.89. The summed E-state index contributed by atoms with van der Waals surface area (Å²) in [5, 5.41) is 2.90. The molecule has 0 heterocycles. The lowest BCUT2D eigenvalue weighted by Gasteiger charge is -2.17. The van der Waals surface area contributed by atoms with Gasteiger partial charge in [-0.15, -0.1) is 0 Å². The summed E-state index contributed by atoms with van der Waals surface area (Å²) in [6.07, 6.45) is 0.861. The van der Waals surface area contributed by atoms with Crippen LogP contribution in [-0.2, 0) is 9.84 Å². The zero-order valence-electron chi connectivity index (χ0n) is 9.00. The second kappa shape index (κ2) is 5.60. The Hall–Kier alpha value is -0.0900. The molecule has 13 heavy (non-hydrogen) atoms. The van der Waals surface area contributed by atoms with Gasteiger partial charge in [0.1, 0.15) is 0 Å². The first-order valence-corrected chi connectivity index (χ1v) is 6.60. The molecule has 0 aromatic heterocycles. The highest BCUT2D eigenvalue weighted by molar-refractivity contribution is 7.92. The topological polar surface area (TPSA) is 46.2 Å². The van der Waals surface area contributed by atoms with Gasteiger partial charge < -0.3 is 5.32 Å². The molecule has 1 atom stereocenters. The van der Waals surface area contributed by atoms with Gasteiger partial charge in [0.2, 0.25) is 0 Å². The lowest BCUT2D eigenvalue weighted by atomic mass is 10.2. The van der Waals surface area contributed by atoms with Crippen LogP contribution in [0.4, 0.5) is 0 Å². The fourth-order valence-corrected chi connectivity index (χ4v) is 2.38. The second-order valence-electron chi connectivity index (χ2n) is 3.54. The average molecular weight is 207 g/mol. The SMILES string of the molecule is CCNC(CC)CS(=O)(=O)C(C)C. The van der Waals surface area contributed by atoms with E-state index in [0.717, 1.165) is 13.0 Å². The van der Waals surface area contributed by atoms with Gasteiger partial charge in [0, 0.05) is 6.04 Å². The molecule has 0 spiro atoms. The predicted octanol–water partition coefficient (Wildman–Crippen LogP) is 1.20. The normalized spacial score (nSPS) is 14.8. The fraction of sp³-hybridized carbons (Fsp3) is 1.00. The van der Waals surface area contributed by atoms with Crippen LogP contribution in [0.1, 0.15) is 34.1 Å². The maximum atomic E-state index is 11.5. The molecule has 0 saturated heterocycles. The van der Waals surface area contributed by atoms with Crippen LogP contribution in [0.5, 0.6) is 0 Å². The van der Waals surface area contributed by atoms with Crippen LogP contribution in [0.3, 0.4) is 0 Å². The average Bonchev–Trinajstić information content (AvgIpc) is 2.03. The zero-order valence-corrected chi connectivity index (χ0v) is 9.82. The second-order valence-corrected chi connectivity index (χ2v) is 6.14. The van der Waals surface area contributed by atoms with Gasteiger partial charge >= 0.3 is 0 Å². The molecule has 0 aliphatic rings. The Morgan fingerprint density at radius 1 is 1.23 bits per heavy atom. The summed E-state index contributed by atoms with van der Waals surface area (Å²) >= 11 is 0. The van der Waals surface area contributed by atoms with Crippen LogP contribution >= 0.6 is 0 Å². The minimum absolute atomic E-state index is 0.109. The molecule has 1 N–H and O–H groups in total. The number of hydrogen-bond acceptors (Lipinski definition) is 3. The lowest BCUT2D eigenvalue weighted by Crippen LogP contribution is -2.37. The highest BCUT2D eigenvalue weighted by Gasteiger charge is 2.20. The molecule has 0 saturated carbocycles. The summed E-state index contributed by atoms with van der Waals surface area (Å²) in [6.45, 7) is 8.28. The third kappa shape index (κ3) is 4.62. The van der Waals surface area contributed by atoms with Crippen molar-refractivity contribution in [3.8, 4) is 0 Å². The molecule has 0 radical (unpaired) electrons. The Labute approximate surface area is 81.8 Å². The number of hydrogen-bond donors (Lipinski definition) is 1. The van der Waals surface area contributed by atoms with Crippen molar-refractivity contribution in [2.75, 3.05) is 12.3 Å². The van der Waals surface area contributed by atoms with Gasteiger partial charge in [-0.1, -0.05) is 13.8 Å². The van der Waals surface area contributed by atoms with Crippen molar-refractivity contribution < 1.29 is 8.42 Å². The standard InChI is InChI=1S/C9H21NO2S/c1-5-9(10-6-2)7-13(11,12)8(3)4/h8-10H,5-7H2,1-4H3. The monoisotopic (exact) mass is 207 g/mol. The van der Waals surface area contributed by atoms with Gasteiger partial charge in [0.25, 0.3) is 0 Å². The van der Waals surface area contributed by atoms with Crippen molar-refractivity contribution in [3.05, 3.63) is 0 Å². The van der Waals surface area contributed by atoms with Gasteiger partial charge in [-0.25, -0.2) is 8.42 Å². The van der Waals surface area contributed by atoms with Gasteiger partial charge in [-0.05, 0) is 26.8 Å². The molecule has 0 bridgehead atoms. The van der Waals surface area contributed by atoms with E-state index in [1.807, 2.05) is 13.8 Å². The van der Waals surface area contributed by atoms with Gasteiger partial charge in [0.15, 0.2) is 9.84 Å². The first-order chi connectivity index (χ1) is 5.94. The molecule has 0 aromatic rings. The van der Waals surface area contributed by atoms with Crippen LogP contribution in [0.2, 0.25) is 0 Å². The Morgan fingerprint density at radius 3 is 2.08 bits per heavy atom. The van der Waals surface area contributed by atoms with Crippen LogP contribution in [0.25, 0.3) is 0 Å². The molecule has 1 unspecified atom stereocenters. The first kappa shape index (κ1) is 12.9. The molecule has 0 aliphatic heterocycles. The van der Waals surface area contributed by atoms with Crippen LogP contribution in [0, 0.1) is 0 Å². The van der Waals surface area contributed by atoms with E-state index in [2.05, 4.69) is 5.32 Å². The third-order valence-electron chi connectivity index (χ3n) is 2.14. The van der Waals surface area contributed by atoms with E-state index >= 15 is 0 Å². The Balaban J connectivity index is 4.23. The Kier molecular flexibility index (Phi) is 5.56. The Bertz CT molecular complexity index is 222. The van der Waals surface area contributed by atoms with E-state index in [4.69, 9.17) is 0 Å². The lowest BCUT2D eigenvalue weighted by molar-refractivity contribution is 0.530. The van der Waals surface area contributed by atoms with Crippen molar-refractivity contribution >= 4 is 9.84 Å².